The third-order valence-electron chi connectivity index (χ3n) is 1.63. The summed E-state index contributed by atoms with van der Waals surface area (Å²) in [7, 11) is 2.12. The molecule has 0 aromatic carbocycles. The minimum Gasteiger partial charge on any atom is -0.302 e. The molecule has 0 aliphatic heterocycles. The molecule has 2 heteroatoms. The van der Waals surface area contributed by atoms with E-state index >= 15 is 0 Å². The van der Waals surface area contributed by atoms with E-state index in [1.54, 1.807) is 0 Å². The quantitative estimate of drug-likeness (QED) is 0.575. The Morgan fingerprint density at radius 2 is 1.80 bits per heavy atom. The third-order valence-corrected chi connectivity index (χ3v) is 2.08. The summed E-state index contributed by atoms with van der Waals surface area (Å²) in [6.45, 7) is 7.72. The lowest BCUT2D eigenvalue weighted by Gasteiger charge is -2.24. The highest BCUT2D eigenvalue weighted by Crippen LogP contribution is 2.02. The summed E-state index contributed by atoms with van der Waals surface area (Å²) >= 11 is 5.69. The Bertz CT molecular complexity index is 83.3. The van der Waals surface area contributed by atoms with E-state index in [2.05, 4.69) is 32.7 Å². The van der Waals surface area contributed by atoms with Crippen LogP contribution in [0.25, 0.3) is 0 Å². The van der Waals surface area contributed by atoms with Gasteiger partial charge in [0.1, 0.15) is 0 Å². The monoisotopic (exact) mass is 163 g/mol. The van der Waals surface area contributed by atoms with Crippen LogP contribution in [0.2, 0.25) is 0 Å². The van der Waals surface area contributed by atoms with Crippen LogP contribution >= 0.6 is 11.6 Å². The maximum atomic E-state index is 5.69. The van der Waals surface area contributed by atoms with Crippen LogP contribution in [0.4, 0.5) is 0 Å². The zero-order valence-corrected chi connectivity index (χ0v) is 8.15. The van der Waals surface area contributed by atoms with E-state index in [1.807, 2.05) is 0 Å². The van der Waals surface area contributed by atoms with Crippen molar-refractivity contribution in [3.8, 4) is 0 Å². The number of alkyl halides is 1. The molecule has 1 nitrogen and oxygen atoms in total. The zero-order chi connectivity index (χ0) is 8.15. The van der Waals surface area contributed by atoms with Gasteiger partial charge in [-0.3, -0.25) is 0 Å². The highest BCUT2D eigenvalue weighted by atomic mass is 35.5. The van der Waals surface area contributed by atoms with Gasteiger partial charge in [-0.1, -0.05) is 13.8 Å². The molecule has 62 valence electrons. The highest BCUT2D eigenvalue weighted by molar-refractivity contribution is 6.18. The molecule has 0 amide bonds. The predicted molar refractivity (Wildman–Crippen MR) is 47.7 cm³/mol. The van der Waals surface area contributed by atoms with Gasteiger partial charge in [0, 0.05) is 18.5 Å². The van der Waals surface area contributed by atoms with Gasteiger partial charge in [-0.15, -0.1) is 11.6 Å². The number of hydrogen-bond donors (Lipinski definition) is 0. The fourth-order valence-corrected chi connectivity index (χ4v) is 1.11. The summed E-state index contributed by atoms with van der Waals surface area (Å²) in [4.78, 5) is 2.29. The van der Waals surface area contributed by atoms with E-state index < -0.39 is 0 Å². The molecule has 0 rings (SSSR count). The van der Waals surface area contributed by atoms with Crippen molar-refractivity contribution in [1.82, 2.24) is 4.90 Å². The van der Waals surface area contributed by atoms with Crippen LogP contribution in [0.5, 0.6) is 0 Å². The molecule has 0 heterocycles. The summed E-state index contributed by atoms with van der Waals surface area (Å²) in [5, 5.41) is 0. The van der Waals surface area contributed by atoms with Gasteiger partial charge in [-0.2, -0.15) is 0 Å². The van der Waals surface area contributed by atoms with Crippen LogP contribution in [-0.2, 0) is 0 Å². The highest BCUT2D eigenvalue weighted by Gasteiger charge is 2.07. The minimum absolute atomic E-state index is 0.504. The van der Waals surface area contributed by atoms with Gasteiger partial charge < -0.3 is 4.90 Å². The van der Waals surface area contributed by atoms with Crippen LogP contribution in [0, 0.1) is 5.92 Å². The van der Waals surface area contributed by atoms with Gasteiger partial charge in [0.25, 0.3) is 0 Å². The van der Waals surface area contributed by atoms with E-state index in [9.17, 15) is 0 Å². The summed E-state index contributed by atoms with van der Waals surface area (Å²) in [6, 6.07) is 0.504. The lowest BCUT2D eigenvalue weighted by Crippen LogP contribution is -2.33. The fraction of sp³-hybridized carbons (Fsp3) is 1.00. The van der Waals surface area contributed by atoms with Crippen molar-refractivity contribution in [3.63, 3.8) is 0 Å². The van der Waals surface area contributed by atoms with E-state index in [1.165, 1.54) is 0 Å². The third kappa shape index (κ3) is 4.13. The largest absolute Gasteiger partial charge is 0.302 e. The molecule has 0 aliphatic rings. The van der Waals surface area contributed by atoms with Crippen molar-refractivity contribution >= 4 is 11.6 Å². The van der Waals surface area contributed by atoms with Crippen molar-refractivity contribution < 1.29 is 0 Å². The molecule has 1 unspecified atom stereocenters. The maximum absolute atomic E-state index is 5.69. The van der Waals surface area contributed by atoms with E-state index in [0.29, 0.717) is 6.04 Å². The van der Waals surface area contributed by atoms with Gasteiger partial charge in [0.05, 0.1) is 0 Å². The number of rotatable bonds is 4. The van der Waals surface area contributed by atoms with Crippen LogP contribution in [0.1, 0.15) is 20.8 Å². The van der Waals surface area contributed by atoms with Crippen LogP contribution in [-0.4, -0.2) is 30.4 Å². The number of halogens is 1. The van der Waals surface area contributed by atoms with Gasteiger partial charge in [-0.25, -0.2) is 0 Å². The van der Waals surface area contributed by atoms with Crippen molar-refractivity contribution in [2.45, 2.75) is 26.8 Å². The van der Waals surface area contributed by atoms with Crippen molar-refractivity contribution in [3.05, 3.63) is 0 Å². The molecule has 0 fully saturated rings. The maximum Gasteiger partial charge on any atom is 0.0376 e. The molecule has 0 aromatic rings. The van der Waals surface area contributed by atoms with Gasteiger partial charge >= 0.3 is 0 Å². The molecule has 0 spiro atoms. The normalized spacial score (nSPS) is 14.7. The van der Waals surface area contributed by atoms with Crippen LogP contribution in [0.3, 0.4) is 0 Å². The second-order valence-electron chi connectivity index (χ2n) is 3.34. The molecule has 0 radical (unpaired) electrons. The van der Waals surface area contributed by atoms with Crippen LogP contribution in [0.15, 0.2) is 0 Å². The number of nitrogens with zero attached hydrogens (tertiary/aromatic N) is 1. The average molecular weight is 164 g/mol. The lowest BCUT2D eigenvalue weighted by molar-refractivity contribution is 0.246. The standard InChI is InChI=1S/C8H18ClN/c1-7(2)6-10(4)8(3)5-9/h7-8H,5-6H2,1-4H3. The molecule has 10 heavy (non-hydrogen) atoms. The minimum atomic E-state index is 0.504. The Hall–Kier alpha value is 0.250. The Morgan fingerprint density at radius 3 is 2.10 bits per heavy atom. The first kappa shape index (κ1) is 10.2. The Morgan fingerprint density at radius 1 is 1.30 bits per heavy atom. The first-order valence-corrected chi connectivity index (χ1v) is 4.37. The predicted octanol–water partition coefficient (Wildman–Crippen LogP) is 2.20. The Balaban J connectivity index is 3.50. The fourth-order valence-electron chi connectivity index (χ4n) is 0.874. The molecule has 0 saturated carbocycles. The Labute approximate surface area is 69.4 Å². The van der Waals surface area contributed by atoms with Crippen LogP contribution < -0.4 is 0 Å². The summed E-state index contributed by atoms with van der Waals surface area (Å²) in [6.07, 6.45) is 0. The van der Waals surface area contributed by atoms with E-state index in [4.69, 9.17) is 11.6 Å². The smallest absolute Gasteiger partial charge is 0.0376 e. The van der Waals surface area contributed by atoms with Crippen molar-refractivity contribution in [2.24, 2.45) is 5.92 Å². The van der Waals surface area contributed by atoms with Crippen molar-refractivity contribution in [2.75, 3.05) is 19.5 Å². The molecule has 0 bridgehead atoms. The molecular formula is C8H18ClN. The molecule has 1 atom stereocenters. The average Bonchev–Trinajstić information content (AvgIpc) is 1.85. The SMILES string of the molecule is CC(C)CN(C)C(C)CCl. The summed E-state index contributed by atoms with van der Waals surface area (Å²) in [5.41, 5.74) is 0. The second-order valence-corrected chi connectivity index (χ2v) is 3.65. The van der Waals surface area contributed by atoms with E-state index in [0.717, 1.165) is 18.3 Å². The Kier molecular flexibility index (Phi) is 5.10. The molecule has 0 aliphatic carbocycles. The zero-order valence-electron chi connectivity index (χ0n) is 7.39. The van der Waals surface area contributed by atoms with Gasteiger partial charge in [0.15, 0.2) is 0 Å². The first-order chi connectivity index (χ1) is 4.57. The van der Waals surface area contributed by atoms with Crippen molar-refractivity contribution in [1.29, 1.82) is 0 Å². The molecule has 0 saturated heterocycles. The first-order valence-electron chi connectivity index (χ1n) is 3.84. The lowest BCUT2D eigenvalue weighted by atomic mass is 10.2. The second kappa shape index (κ2) is 4.97. The summed E-state index contributed by atoms with van der Waals surface area (Å²) < 4.78 is 0. The summed E-state index contributed by atoms with van der Waals surface area (Å²) in [5.74, 6) is 1.46. The van der Waals surface area contributed by atoms with Gasteiger partial charge in [-0.05, 0) is 19.9 Å². The van der Waals surface area contributed by atoms with E-state index in [-0.39, 0.29) is 0 Å². The molecular weight excluding hydrogens is 146 g/mol. The molecule has 0 N–H and O–H groups in total. The van der Waals surface area contributed by atoms with Gasteiger partial charge in [0.2, 0.25) is 0 Å². The topological polar surface area (TPSA) is 3.24 Å². The number of hydrogen-bond acceptors (Lipinski definition) is 1. The molecule has 0 aromatic heterocycles.